The standard InChI is InChI=1S/C12H16N4O/c1-17-12-9-10(3-4-11(12)13)14-6-8-16-7-2-5-15-16/h2-5,7,9,14H,6,8,13H2,1H3. The molecular formula is C12H16N4O. The highest BCUT2D eigenvalue weighted by Crippen LogP contribution is 2.24. The molecule has 0 bridgehead atoms. The SMILES string of the molecule is COc1cc(NCCn2cccn2)ccc1N. The summed E-state index contributed by atoms with van der Waals surface area (Å²) in [4.78, 5) is 0. The molecule has 0 unspecified atom stereocenters. The Morgan fingerprint density at radius 2 is 2.35 bits per heavy atom. The average Bonchev–Trinajstić information content (AvgIpc) is 2.84. The molecule has 0 fully saturated rings. The second-order valence-electron chi connectivity index (χ2n) is 3.65. The van der Waals surface area contributed by atoms with Gasteiger partial charge in [-0.1, -0.05) is 0 Å². The molecule has 3 N–H and O–H groups in total. The van der Waals surface area contributed by atoms with Gasteiger partial charge in [0.1, 0.15) is 5.75 Å². The van der Waals surface area contributed by atoms with Crippen LogP contribution < -0.4 is 15.8 Å². The van der Waals surface area contributed by atoms with Gasteiger partial charge >= 0.3 is 0 Å². The lowest BCUT2D eigenvalue weighted by molar-refractivity contribution is 0.417. The van der Waals surface area contributed by atoms with E-state index in [1.807, 2.05) is 35.1 Å². The molecule has 0 atom stereocenters. The van der Waals surface area contributed by atoms with Crippen LogP contribution in [0.25, 0.3) is 0 Å². The lowest BCUT2D eigenvalue weighted by Crippen LogP contribution is -2.10. The van der Waals surface area contributed by atoms with E-state index in [1.54, 1.807) is 13.3 Å². The first kappa shape index (κ1) is 11.3. The average molecular weight is 232 g/mol. The molecule has 0 aliphatic heterocycles. The van der Waals surface area contributed by atoms with Gasteiger partial charge in [0.05, 0.1) is 19.3 Å². The van der Waals surface area contributed by atoms with E-state index in [0.29, 0.717) is 11.4 Å². The molecule has 5 heteroatoms. The van der Waals surface area contributed by atoms with Gasteiger partial charge in [0.15, 0.2) is 0 Å². The summed E-state index contributed by atoms with van der Waals surface area (Å²) < 4.78 is 7.03. The fraction of sp³-hybridized carbons (Fsp3) is 0.250. The largest absolute Gasteiger partial charge is 0.495 e. The second-order valence-corrected chi connectivity index (χ2v) is 3.65. The number of methoxy groups -OCH3 is 1. The summed E-state index contributed by atoms with van der Waals surface area (Å²) in [5, 5.41) is 7.42. The van der Waals surface area contributed by atoms with Crippen molar-refractivity contribution in [2.45, 2.75) is 6.54 Å². The summed E-state index contributed by atoms with van der Waals surface area (Å²) in [5.41, 5.74) is 7.37. The first-order valence-electron chi connectivity index (χ1n) is 5.44. The Bertz CT molecular complexity index is 467. The summed E-state index contributed by atoms with van der Waals surface area (Å²) in [6, 6.07) is 7.56. The van der Waals surface area contributed by atoms with Crippen LogP contribution in [0.3, 0.4) is 0 Å². The number of ether oxygens (including phenoxy) is 1. The van der Waals surface area contributed by atoms with Crippen molar-refractivity contribution in [3.8, 4) is 5.75 Å². The highest BCUT2D eigenvalue weighted by Gasteiger charge is 2.00. The molecule has 1 aromatic heterocycles. The Morgan fingerprint density at radius 1 is 1.47 bits per heavy atom. The van der Waals surface area contributed by atoms with Gasteiger partial charge in [-0.15, -0.1) is 0 Å². The van der Waals surface area contributed by atoms with Crippen molar-refractivity contribution < 1.29 is 4.74 Å². The van der Waals surface area contributed by atoms with E-state index in [4.69, 9.17) is 10.5 Å². The number of nitrogens with zero attached hydrogens (tertiary/aromatic N) is 2. The van der Waals surface area contributed by atoms with Gasteiger partial charge in [-0.05, 0) is 18.2 Å². The monoisotopic (exact) mass is 232 g/mol. The van der Waals surface area contributed by atoms with Gasteiger partial charge in [0, 0.05) is 30.7 Å². The number of nitrogen functional groups attached to an aromatic ring is 1. The highest BCUT2D eigenvalue weighted by atomic mass is 16.5. The van der Waals surface area contributed by atoms with Crippen LogP contribution in [0, 0.1) is 0 Å². The van der Waals surface area contributed by atoms with Crippen molar-refractivity contribution in [1.29, 1.82) is 0 Å². The molecule has 2 aromatic rings. The van der Waals surface area contributed by atoms with Crippen molar-refractivity contribution in [3.63, 3.8) is 0 Å². The summed E-state index contributed by atoms with van der Waals surface area (Å²) in [6.45, 7) is 1.62. The molecule has 2 rings (SSSR count). The fourth-order valence-corrected chi connectivity index (χ4v) is 1.57. The number of nitrogens with one attached hydrogen (secondary N) is 1. The minimum atomic E-state index is 0.644. The van der Waals surface area contributed by atoms with E-state index < -0.39 is 0 Å². The molecule has 0 saturated heterocycles. The summed E-state index contributed by atoms with van der Waals surface area (Å²) in [6.07, 6.45) is 3.71. The number of hydrogen-bond donors (Lipinski definition) is 2. The van der Waals surface area contributed by atoms with Crippen molar-refractivity contribution in [1.82, 2.24) is 9.78 Å². The van der Waals surface area contributed by atoms with Crippen LogP contribution in [0.5, 0.6) is 5.75 Å². The molecular weight excluding hydrogens is 216 g/mol. The van der Waals surface area contributed by atoms with Crippen LogP contribution in [0.15, 0.2) is 36.7 Å². The predicted octanol–water partition coefficient (Wildman–Crippen LogP) is 1.59. The quantitative estimate of drug-likeness (QED) is 0.768. The Hall–Kier alpha value is -2.17. The van der Waals surface area contributed by atoms with Gasteiger partial charge < -0.3 is 15.8 Å². The van der Waals surface area contributed by atoms with Crippen LogP contribution in [0.4, 0.5) is 11.4 Å². The third-order valence-electron chi connectivity index (χ3n) is 2.46. The zero-order chi connectivity index (χ0) is 12.1. The third-order valence-corrected chi connectivity index (χ3v) is 2.46. The topological polar surface area (TPSA) is 65.1 Å². The molecule has 5 nitrogen and oxygen atoms in total. The first-order valence-corrected chi connectivity index (χ1v) is 5.44. The molecule has 0 aliphatic rings. The van der Waals surface area contributed by atoms with E-state index in [-0.39, 0.29) is 0 Å². The number of benzene rings is 1. The van der Waals surface area contributed by atoms with Crippen LogP contribution in [-0.4, -0.2) is 23.4 Å². The zero-order valence-electron chi connectivity index (χ0n) is 9.76. The Morgan fingerprint density at radius 3 is 3.06 bits per heavy atom. The lowest BCUT2D eigenvalue weighted by Gasteiger charge is -2.09. The van der Waals surface area contributed by atoms with Crippen LogP contribution in [-0.2, 0) is 6.54 Å². The van der Waals surface area contributed by atoms with Crippen molar-refractivity contribution in [3.05, 3.63) is 36.7 Å². The summed E-state index contributed by atoms with van der Waals surface area (Å²) in [7, 11) is 1.61. The van der Waals surface area contributed by atoms with Crippen molar-refractivity contribution >= 4 is 11.4 Å². The maximum atomic E-state index is 5.74. The maximum Gasteiger partial charge on any atom is 0.143 e. The second kappa shape index (κ2) is 5.25. The number of rotatable bonds is 5. The molecule has 90 valence electrons. The van der Waals surface area contributed by atoms with Crippen molar-refractivity contribution in [2.24, 2.45) is 0 Å². The summed E-state index contributed by atoms with van der Waals surface area (Å²) in [5.74, 6) is 0.689. The molecule has 1 heterocycles. The molecule has 0 aliphatic carbocycles. The van der Waals surface area contributed by atoms with E-state index in [2.05, 4.69) is 10.4 Å². The summed E-state index contributed by atoms with van der Waals surface area (Å²) >= 11 is 0. The molecule has 1 aromatic carbocycles. The molecule has 17 heavy (non-hydrogen) atoms. The predicted molar refractivity (Wildman–Crippen MR) is 68.1 cm³/mol. The Balaban J connectivity index is 1.90. The smallest absolute Gasteiger partial charge is 0.143 e. The molecule has 0 saturated carbocycles. The van der Waals surface area contributed by atoms with Crippen LogP contribution in [0.2, 0.25) is 0 Å². The van der Waals surface area contributed by atoms with E-state index in [0.717, 1.165) is 18.8 Å². The maximum absolute atomic E-state index is 5.74. The number of anilines is 2. The van der Waals surface area contributed by atoms with E-state index in [1.165, 1.54) is 0 Å². The first-order chi connectivity index (χ1) is 8.29. The lowest BCUT2D eigenvalue weighted by atomic mass is 10.2. The molecule has 0 spiro atoms. The normalized spacial score (nSPS) is 10.2. The Labute approximate surface area is 100 Å². The minimum Gasteiger partial charge on any atom is -0.495 e. The van der Waals surface area contributed by atoms with E-state index in [9.17, 15) is 0 Å². The number of aromatic nitrogens is 2. The number of nitrogens with two attached hydrogens (primary N) is 1. The van der Waals surface area contributed by atoms with E-state index >= 15 is 0 Å². The number of hydrogen-bond acceptors (Lipinski definition) is 4. The van der Waals surface area contributed by atoms with Gasteiger partial charge in [-0.3, -0.25) is 4.68 Å². The van der Waals surface area contributed by atoms with Gasteiger partial charge in [-0.25, -0.2) is 0 Å². The molecule has 0 radical (unpaired) electrons. The Kier molecular flexibility index (Phi) is 3.49. The molecule has 0 amide bonds. The van der Waals surface area contributed by atoms with Gasteiger partial charge in [0.2, 0.25) is 0 Å². The highest BCUT2D eigenvalue weighted by molar-refractivity contribution is 5.61. The van der Waals surface area contributed by atoms with Crippen molar-refractivity contribution in [2.75, 3.05) is 24.7 Å². The van der Waals surface area contributed by atoms with Crippen LogP contribution >= 0.6 is 0 Å². The van der Waals surface area contributed by atoms with Gasteiger partial charge in [-0.2, -0.15) is 5.10 Å². The zero-order valence-corrected chi connectivity index (χ0v) is 9.76. The third kappa shape index (κ3) is 2.90. The van der Waals surface area contributed by atoms with Gasteiger partial charge in [0.25, 0.3) is 0 Å². The fourth-order valence-electron chi connectivity index (χ4n) is 1.57. The minimum absolute atomic E-state index is 0.644. The van der Waals surface area contributed by atoms with Crippen LogP contribution in [0.1, 0.15) is 0 Å².